The average Bonchev–Trinajstić information content (AvgIpc) is 3.06. The van der Waals surface area contributed by atoms with Crippen LogP contribution >= 0.6 is 15.9 Å². The molecule has 8 heteroatoms. The number of hydrogen-bond acceptors (Lipinski definition) is 5. The summed E-state index contributed by atoms with van der Waals surface area (Å²) in [4.78, 5) is 28.8. The molecule has 1 aromatic heterocycles. The molecule has 1 heterocycles. The highest BCUT2D eigenvalue weighted by molar-refractivity contribution is 9.10. The van der Waals surface area contributed by atoms with Gasteiger partial charge in [-0.05, 0) is 67.2 Å². The molecule has 1 atom stereocenters. The van der Waals surface area contributed by atoms with Gasteiger partial charge < -0.3 is 19.8 Å². The Morgan fingerprint density at radius 1 is 1.29 bits per heavy atom. The zero-order chi connectivity index (χ0) is 20.9. The van der Waals surface area contributed by atoms with Crippen LogP contribution in [0.15, 0.2) is 39.7 Å². The lowest BCUT2D eigenvalue weighted by atomic mass is 10.0. The number of carbonyl (C=O) groups excluding carboxylic acids is 2. The number of amides is 2. The predicted molar refractivity (Wildman–Crippen MR) is 111 cm³/mol. The number of rotatable bonds is 6. The summed E-state index contributed by atoms with van der Waals surface area (Å²) in [6.07, 6.45) is 2.84. The van der Waals surface area contributed by atoms with Gasteiger partial charge in [0.15, 0.2) is 12.2 Å². The van der Waals surface area contributed by atoms with Crippen molar-refractivity contribution in [2.45, 2.75) is 52.7 Å². The van der Waals surface area contributed by atoms with Crippen LogP contribution in [0.5, 0.6) is 0 Å². The van der Waals surface area contributed by atoms with E-state index in [1.807, 2.05) is 19.9 Å². The molecular weight excluding hydrogens is 426 g/mol. The Morgan fingerprint density at radius 3 is 2.54 bits per heavy atom. The molecule has 0 aliphatic rings. The van der Waals surface area contributed by atoms with E-state index in [4.69, 9.17) is 9.15 Å². The largest absolute Gasteiger partial charge is 0.444 e. The number of anilines is 1. The topological polar surface area (TPSA) is 93.5 Å². The van der Waals surface area contributed by atoms with E-state index in [1.54, 1.807) is 39.1 Å². The first-order valence-corrected chi connectivity index (χ1v) is 9.83. The summed E-state index contributed by atoms with van der Waals surface area (Å²) < 4.78 is 11.3. The van der Waals surface area contributed by atoms with Crippen LogP contribution in [0.4, 0.5) is 10.5 Å². The van der Waals surface area contributed by atoms with E-state index in [-0.39, 0.29) is 11.8 Å². The SMILES string of the molecule is CC(C)CC(NC(=O)OC(C)(C)C)C(=O)Nc1ccc(-c2cnco2)c(Br)c1. The number of ether oxygens (including phenoxy) is 1. The van der Waals surface area contributed by atoms with Gasteiger partial charge in [-0.25, -0.2) is 9.78 Å². The first-order valence-electron chi connectivity index (χ1n) is 9.04. The Labute approximate surface area is 173 Å². The van der Waals surface area contributed by atoms with Crippen molar-refractivity contribution < 1.29 is 18.7 Å². The van der Waals surface area contributed by atoms with Gasteiger partial charge in [0.25, 0.3) is 0 Å². The lowest BCUT2D eigenvalue weighted by Gasteiger charge is -2.24. The molecule has 0 bridgehead atoms. The van der Waals surface area contributed by atoms with Gasteiger partial charge in [-0.3, -0.25) is 4.79 Å². The van der Waals surface area contributed by atoms with Crippen LogP contribution in [0.3, 0.4) is 0 Å². The molecule has 0 fully saturated rings. The Bertz CT molecular complexity index is 813. The fourth-order valence-corrected chi connectivity index (χ4v) is 3.10. The molecule has 0 aliphatic heterocycles. The standard InChI is InChI=1S/C20H26BrN3O4/c1-12(2)8-16(24-19(26)28-20(3,4)5)18(25)23-13-6-7-14(15(21)9-13)17-10-22-11-27-17/h6-7,9-12,16H,8H2,1-5H3,(H,23,25)(H,24,26). The Kier molecular flexibility index (Phi) is 7.23. The van der Waals surface area contributed by atoms with Crippen molar-refractivity contribution in [2.75, 3.05) is 5.32 Å². The molecule has 0 saturated heterocycles. The average molecular weight is 452 g/mol. The third-order valence-corrected chi connectivity index (χ3v) is 4.31. The number of nitrogens with zero attached hydrogens (tertiary/aromatic N) is 1. The molecule has 1 aromatic carbocycles. The maximum absolute atomic E-state index is 12.7. The van der Waals surface area contributed by atoms with E-state index >= 15 is 0 Å². The first-order chi connectivity index (χ1) is 13.0. The zero-order valence-corrected chi connectivity index (χ0v) is 18.3. The predicted octanol–water partition coefficient (Wildman–Crippen LogP) is 4.98. The maximum atomic E-state index is 12.7. The van der Waals surface area contributed by atoms with Gasteiger partial charge in [0.2, 0.25) is 5.91 Å². The van der Waals surface area contributed by atoms with E-state index in [9.17, 15) is 9.59 Å². The number of aromatic nitrogens is 1. The van der Waals surface area contributed by atoms with Crippen LogP contribution in [-0.4, -0.2) is 28.6 Å². The van der Waals surface area contributed by atoms with Gasteiger partial charge in [0.05, 0.1) is 6.20 Å². The maximum Gasteiger partial charge on any atom is 0.408 e. The number of carbonyl (C=O) groups is 2. The van der Waals surface area contributed by atoms with E-state index in [2.05, 4.69) is 31.5 Å². The molecule has 2 aromatic rings. The van der Waals surface area contributed by atoms with Gasteiger partial charge in [-0.2, -0.15) is 0 Å². The van der Waals surface area contributed by atoms with Crippen LogP contribution < -0.4 is 10.6 Å². The van der Waals surface area contributed by atoms with Gasteiger partial charge in [0, 0.05) is 15.7 Å². The van der Waals surface area contributed by atoms with E-state index in [1.165, 1.54) is 6.39 Å². The minimum absolute atomic E-state index is 0.214. The lowest BCUT2D eigenvalue weighted by Crippen LogP contribution is -2.46. The summed E-state index contributed by atoms with van der Waals surface area (Å²) in [5.41, 5.74) is 0.783. The third kappa shape index (κ3) is 6.67. The van der Waals surface area contributed by atoms with Crippen LogP contribution in [0.25, 0.3) is 11.3 Å². The van der Waals surface area contributed by atoms with Crippen LogP contribution in [0.2, 0.25) is 0 Å². The van der Waals surface area contributed by atoms with Gasteiger partial charge in [-0.1, -0.05) is 13.8 Å². The van der Waals surface area contributed by atoms with Crippen molar-refractivity contribution in [1.29, 1.82) is 0 Å². The number of oxazole rings is 1. The summed E-state index contributed by atoms with van der Waals surface area (Å²) in [6, 6.07) is 4.65. The minimum Gasteiger partial charge on any atom is -0.444 e. The summed E-state index contributed by atoms with van der Waals surface area (Å²) >= 11 is 3.48. The van der Waals surface area contributed by atoms with E-state index in [0.29, 0.717) is 17.9 Å². The zero-order valence-electron chi connectivity index (χ0n) is 16.7. The van der Waals surface area contributed by atoms with Crippen LogP contribution in [-0.2, 0) is 9.53 Å². The molecule has 7 nitrogen and oxygen atoms in total. The van der Waals surface area contributed by atoms with Gasteiger partial charge >= 0.3 is 6.09 Å². The van der Waals surface area contributed by atoms with Crippen LogP contribution in [0, 0.1) is 5.92 Å². The molecule has 152 valence electrons. The van der Waals surface area contributed by atoms with E-state index in [0.717, 1.165) is 10.0 Å². The highest BCUT2D eigenvalue weighted by atomic mass is 79.9. The minimum atomic E-state index is -0.706. The normalized spacial score (nSPS) is 12.5. The fraction of sp³-hybridized carbons (Fsp3) is 0.450. The van der Waals surface area contributed by atoms with Crippen molar-refractivity contribution in [2.24, 2.45) is 5.92 Å². The monoisotopic (exact) mass is 451 g/mol. The molecule has 1 unspecified atom stereocenters. The first kappa shape index (κ1) is 21.9. The van der Waals surface area contributed by atoms with Gasteiger partial charge in [-0.15, -0.1) is 0 Å². The summed E-state index contributed by atoms with van der Waals surface area (Å²) in [5, 5.41) is 5.51. The summed E-state index contributed by atoms with van der Waals surface area (Å²) in [5.74, 6) is 0.527. The van der Waals surface area contributed by atoms with Gasteiger partial charge in [0.1, 0.15) is 11.6 Å². The van der Waals surface area contributed by atoms with Crippen molar-refractivity contribution in [3.8, 4) is 11.3 Å². The Balaban J connectivity index is 2.10. The molecule has 2 rings (SSSR count). The summed E-state index contributed by atoms with van der Waals surface area (Å²) in [6.45, 7) is 9.30. The molecule has 0 saturated carbocycles. The number of nitrogens with one attached hydrogen (secondary N) is 2. The van der Waals surface area contributed by atoms with Crippen LogP contribution in [0.1, 0.15) is 41.0 Å². The molecule has 2 N–H and O–H groups in total. The Morgan fingerprint density at radius 2 is 2.00 bits per heavy atom. The van der Waals surface area contributed by atoms with E-state index < -0.39 is 17.7 Å². The number of alkyl carbamates (subject to hydrolysis) is 1. The molecule has 2 amide bonds. The highest BCUT2D eigenvalue weighted by Crippen LogP contribution is 2.30. The van der Waals surface area contributed by atoms with Crippen molar-refractivity contribution in [3.63, 3.8) is 0 Å². The highest BCUT2D eigenvalue weighted by Gasteiger charge is 2.25. The second kappa shape index (κ2) is 9.23. The van der Waals surface area contributed by atoms with Crippen molar-refractivity contribution >= 4 is 33.6 Å². The number of hydrogen-bond donors (Lipinski definition) is 2. The van der Waals surface area contributed by atoms with Crippen molar-refractivity contribution in [1.82, 2.24) is 10.3 Å². The molecular formula is C20H26BrN3O4. The Hall–Kier alpha value is -2.35. The second-order valence-corrected chi connectivity index (χ2v) is 8.73. The second-order valence-electron chi connectivity index (χ2n) is 7.88. The summed E-state index contributed by atoms with van der Waals surface area (Å²) in [7, 11) is 0. The fourth-order valence-electron chi connectivity index (χ4n) is 2.52. The molecule has 28 heavy (non-hydrogen) atoms. The third-order valence-electron chi connectivity index (χ3n) is 3.65. The number of benzene rings is 1. The molecule has 0 radical (unpaired) electrons. The quantitative estimate of drug-likeness (QED) is 0.645. The van der Waals surface area contributed by atoms with Crippen molar-refractivity contribution in [3.05, 3.63) is 35.3 Å². The lowest BCUT2D eigenvalue weighted by molar-refractivity contribution is -0.118. The molecule has 0 spiro atoms. The number of halogens is 1. The smallest absolute Gasteiger partial charge is 0.408 e. The molecule has 0 aliphatic carbocycles.